The number of fused-ring (bicyclic) bond motifs is 1. The standard InChI is InChI=1S/C18H26N6O3.CH2O2/c1-21(2)7-8-22(3)17(25)14-12-23(9-10-27-13-14)18(26)15-11-20-24-6-4-5-19-16(15)24;2-1-3/h4-6,11,14H,7-10,12-13H2,1-3H3;1H,(H,2,3). The van der Waals surface area contributed by atoms with Gasteiger partial charge in [0.25, 0.3) is 12.4 Å². The maximum Gasteiger partial charge on any atom is 0.290 e. The van der Waals surface area contributed by atoms with E-state index in [1.807, 2.05) is 19.0 Å². The molecular weight excluding hydrogens is 392 g/mol. The van der Waals surface area contributed by atoms with Crippen LogP contribution < -0.4 is 0 Å². The lowest BCUT2D eigenvalue weighted by Gasteiger charge is -2.27. The van der Waals surface area contributed by atoms with Crippen LogP contribution in [-0.2, 0) is 14.3 Å². The van der Waals surface area contributed by atoms with E-state index >= 15 is 0 Å². The number of hydrogen-bond donors (Lipinski definition) is 1. The van der Waals surface area contributed by atoms with E-state index in [2.05, 4.69) is 10.1 Å². The number of likely N-dealkylation sites (N-methyl/N-ethyl adjacent to an activating group) is 2. The van der Waals surface area contributed by atoms with Gasteiger partial charge in [0.1, 0.15) is 5.56 Å². The van der Waals surface area contributed by atoms with Crippen molar-refractivity contribution in [2.45, 2.75) is 0 Å². The van der Waals surface area contributed by atoms with Gasteiger partial charge in [0.15, 0.2) is 5.65 Å². The molecule has 30 heavy (non-hydrogen) atoms. The smallest absolute Gasteiger partial charge is 0.290 e. The summed E-state index contributed by atoms with van der Waals surface area (Å²) in [6.07, 6.45) is 4.90. The van der Waals surface area contributed by atoms with E-state index in [1.165, 1.54) is 6.20 Å². The zero-order valence-electron chi connectivity index (χ0n) is 17.5. The Kier molecular flexibility index (Phi) is 8.69. The molecule has 3 rings (SSSR count). The second-order valence-corrected chi connectivity index (χ2v) is 7.14. The highest BCUT2D eigenvalue weighted by molar-refractivity contribution is 5.99. The van der Waals surface area contributed by atoms with Crippen molar-refractivity contribution in [1.82, 2.24) is 29.3 Å². The molecule has 11 nitrogen and oxygen atoms in total. The molecule has 164 valence electrons. The van der Waals surface area contributed by atoms with Gasteiger partial charge in [0.2, 0.25) is 5.91 Å². The summed E-state index contributed by atoms with van der Waals surface area (Å²) in [6, 6.07) is 1.76. The fourth-order valence-electron chi connectivity index (χ4n) is 3.06. The molecule has 2 amide bonds. The largest absolute Gasteiger partial charge is 0.483 e. The molecule has 2 aromatic rings. The van der Waals surface area contributed by atoms with Crippen molar-refractivity contribution < 1.29 is 24.2 Å². The molecule has 0 bridgehead atoms. The summed E-state index contributed by atoms with van der Waals surface area (Å²) in [5.41, 5.74) is 0.948. The molecule has 1 saturated heterocycles. The van der Waals surface area contributed by atoms with Gasteiger partial charge < -0.3 is 24.5 Å². The molecule has 1 aliphatic heterocycles. The predicted octanol–water partition coefficient (Wildman–Crippen LogP) is -0.461. The molecule has 11 heteroatoms. The Labute approximate surface area is 174 Å². The first-order chi connectivity index (χ1) is 14.4. The Morgan fingerprint density at radius 3 is 2.77 bits per heavy atom. The highest BCUT2D eigenvalue weighted by atomic mass is 16.5. The summed E-state index contributed by atoms with van der Waals surface area (Å²) in [7, 11) is 5.73. The minimum Gasteiger partial charge on any atom is -0.483 e. The summed E-state index contributed by atoms with van der Waals surface area (Å²) < 4.78 is 7.17. The first kappa shape index (κ1) is 23.2. The normalized spacial score (nSPS) is 16.5. The summed E-state index contributed by atoms with van der Waals surface area (Å²) in [5, 5.41) is 11.1. The van der Waals surface area contributed by atoms with Crippen molar-refractivity contribution in [3.05, 3.63) is 30.2 Å². The van der Waals surface area contributed by atoms with Crippen LogP contribution in [0.4, 0.5) is 0 Å². The van der Waals surface area contributed by atoms with Crippen LogP contribution in [0.25, 0.3) is 5.65 Å². The lowest BCUT2D eigenvalue weighted by Crippen LogP contribution is -2.44. The van der Waals surface area contributed by atoms with Gasteiger partial charge >= 0.3 is 0 Å². The van der Waals surface area contributed by atoms with Gasteiger partial charge in [0, 0.05) is 45.6 Å². The summed E-state index contributed by atoms with van der Waals surface area (Å²) >= 11 is 0. The van der Waals surface area contributed by atoms with Crippen LogP contribution in [0.5, 0.6) is 0 Å². The van der Waals surface area contributed by atoms with Crippen LogP contribution >= 0.6 is 0 Å². The first-order valence-corrected chi connectivity index (χ1v) is 9.52. The Bertz CT molecular complexity index is 855. The molecule has 0 saturated carbocycles. The lowest BCUT2D eigenvalue weighted by molar-refractivity contribution is -0.136. The van der Waals surface area contributed by atoms with E-state index in [9.17, 15) is 9.59 Å². The van der Waals surface area contributed by atoms with Gasteiger partial charge in [-0.05, 0) is 20.2 Å². The monoisotopic (exact) mass is 420 g/mol. The van der Waals surface area contributed by atoms with Crippen LogP contribution in [0.2, 0.25) is 0 Å². The van der Waals surface area contributed by atoms with Crippen molar-refractivity contribution in [1.29, 1.82) is 0 Å². The summed E-state index contributed by atoms with van der Waals surface area (Å²) in [5.74, 6) is -0.559. The zero-order chi connectivity index (χ0) is 22.1. The maximum absolute atomic E-state index is 13.0. The van der Waals surface area contributed by atoms with E-state index in [0.717, 1.165) is 6.54 Å². The van der Waals surface area contributed by atoms with Gasteiger partial charge in [-0.2, -0.15) is 5.10 Å². The number of nitrogens with zero attached hydrogens (tertiary/aromatic N) is 6. The highest BCUT2D eigenvalue weighted by Crippen LogP contribution is 2.16. The minimum absolute atomic E-state index is 0.00506. The molecular formula is C19H28N6O5. The fraction of sp³-hybridized carbons (Fsp3) is 0.526. The van der Waals surface area contributed by atoms with Crippen molar-refractivity contribution in [3.8, 4) is 0 Å². The van der Waals surface area contributed by atoms with Gasteiger partial charge in [-0.25, -0.2) is 9.50 Å². The van der Waals surface area contributed by atoms with E-state index < -0.39 is 0 Å². The Balaban J connectivity index is 0.00000101. The number of hydrogen-bond acceptors (Lipinski definition) is 7. The fourth-order valence-corrected chi connectivity index (χ4v) is 3.06. The second-order valence-electron chi connectivity index (χ2n) is 7.14. The molecule has 2 aromatic heterocycles. The topological polar surface area (TPSA) is 121 Å². The molecule has 1 N–H and O–H groups in total. The Morgan fingerprint density at radius 1 is 1.33 bits per heavy atom. The third-order valence-electron chi connectivity index (χ3n) is 4.67. The first-order valence-electron chi connectivity index (χ1n) is 9.52. The third kappa shape index (κ3) is 5.97. The number of carbonyl (C=O) groups is 3. The van der Waals surface area contributed by atoms with Gasteiger partial charge in [0.05, 0.1) is 25.3 Å². The minimum atomic E-state index is -0.376. The molecule has 3 heterocycles. The molecule has 1 unspecified atom stereocenters. The lowest BCUT2D eigenvalue weighted by atomic mass is 10.1. The van der Waals surface area contributed by atoms with Crippen LogP contribution in [-0.4, -0.2) is 113 Å². The number of rotatable bonds is 5. The molecule has 1 aliphatic rings. The maximum atomic E-state index is 13.0. The van der Waals surface area contributed by atoms with Crippen LogP contribution in [0.1, 0.15) is 10.4 Å². The molecule has 1 fully saturated rings. The number of carbonyl (C=O) groups excluding carboxylic acids is 2. The van der Waals surface area contributed by atoms with Gasteiger partial charge in [-0.3, -0.25) is 14.4 Å². The quantitative estimate of drug-likeness (QED) is 0.645. The number of aromatic nitrogens is 3. The molecule has 0 aromatic carbocycles. The van der Waals surface area contributed by atoms with E-state index in [4.69, 9.17) is 14.6 Å². The molecule has 0 spiro atoms. The highest BCUT2D eigenvalue weighted by Gasteiger charge is 2.31. The van der Waals surface area contributed by atoms with Crippen molar-refractivity contribution in [2.75, 3.05) is 60.5 Å². The van der Waals surface area contributed by atoms with Gasteiger partial charge in [-0.1, -0.05) is 0 Å². The van der Waals surface area contributed by atoms with E-state index in [1.54, 1.807) is 39.8 Å². The molecule has 1 atom stereocenters. The van der Waals surface area contributed by atoms with Crippen molar-refractivity contribution in [3.63, 3.8) is 0 Å². The summed E-state index contributed by atoms with van der Waals surface area (Å²) in [6.45, 7) is 2.66. The zero-order valence-corrected chi connectivity index (χ0v) is 17.5. The van der Waals surface area contributed by atoms with Crippen LogP contribution in [0.3, 0.4) is 0 Å². The average molecular weight is 420 g/mol. The predicted molar refractivity (Wildman–Crippen MR) is 108 cm³/mol. The summed E-state index contributed by atoms with van der Waals surface area (Å²) in [4.78, 5) is 43.8. The third-order valence-corrected chi connectivity index (χ3v) is 4.67. The molecule has 0 radical (unpaired) electrons. The van der Waals surface area contributed by atoms with E-state index in [0.29, 0.717) is 44.1 Å². The van der Waals surface area contributed by atoms with Crippen LogP contribution in [0.15, 0.2) is 24.7 Å². The van der Waals surface area contributed by atoms with Crippen molar-refractivity contribution >= 4 is 23.9 Å². The van der Waals surface area contributed by atoms with Crippen LogP contribution in [0, 0.1) is 5.92 Å². The number of carboxylic acid groups (broad SMARTS) is 1. The van der Waals surface area contributed by atoms with Gasteiger partial charge in [-0.15, -0.1) is 0 Å². The second kappa shape index (κ2) is 11.2. The Morgan fingerprint density at radius 2 is 2.07 bits per heavy atom. The molecule has 0 aliphatic carbocycles. The van der Waals surface area contributed by atoms with E-state index in [-0.39, 0.29) is 24.2 Å². The number of amides is 2. The Hall–Kier alpha value is -3.05. The SMILES string of the molecule is CN(C)CCN(C)C(=O)C1COCCN(C(=O)c2cnn3cccnc23)C1.O=CO. The average Bonchev–Trinajstić information content (AvgIpc) is 3.00. The number of ether oxygens (including phenoxy) is 1. The van der Waals surface area contributed by atoms with Crippen molar-refractivity contribution in [2.24, 2.45) is 5.92 Å².